The molecule has 0 aliphatic carbocycles. The summed E-state index contributed by atoms with van der Waals surface area (Å²) in [5.74, 6) is -0.00566. The van der Waals surface area contributed by atoms with Crippen molar-refractivity contribution in [2.24, 2.45) is 0 Å². The van der Waals surface area contributed by atoms with Crippen molar-refractivity contribution in [2.45, 2.75) is 44.8 Å². The number of hydrogen-bond donors (Lipinski definition) is 1. The fourth-order valence-electron chi connectivity index (χ4n) is 2.54. The van der Waals surface area contributed by atoms with Gasteiger partial charge in [-0.05, 0) is 25.7 Å². The van der Waals surface area contributed by atoms with E-state index in [0.717, 1.165) is 25.9 Å². The highest BCUT2D eigenvalue weighted by Gasteiger charge is 2.33. The van der Waals surface area contributed by atoms with Gasteiger partial charge in [0, 0.05) is 13.2 Å². The average molecular weight is 240 g/mol. The normalized spacial score (nSPS) is 29.6. The van der Waals surface area contributed by atoms with Crippen LogP contribution in [0.1, 0.15) is 32.6 Å². The second-order valence-electron chi connectivity index (χ2n) is 4.65. The van der Waals surface area contributed by atoms with E-state index in [9.17, 15) is 9.59 Å². The van der Waals surface area contributed by atoms with Crippen molar-refractivity contribution >= 4 is 11.8 Å². The van der Waals surface area contributed by atoms with Crippen LogP contribution in [0, 0.1) is 0 Å². The summed E-state index contributed by atoms with van der Waals surface area (Å²) in [5.41, 5.74) is 0. The molecule has 2 heterocycles. The zero-order valence-corrected chi connectivity index (χ0v) is 10.3. The van der Waals surface area contributed by atoms with Crippen molar-refractivity contribution in [1.82, 2.24) is 10.2 Å². The Labute approximate surface area is 101 Å². The zero-order valence-electron chi connectivity index (χ0n) is 10.3. The predicted octanol–water partition coefficient (Wildman–Crippen LogP) is 0.293. The molecule has 2 aliphatic rings. The number of nitrogens with zero attached hydrogens (tertiary/aromatic N) is 1. The van der Waals surface area contributed by atoms with E-state index in [-0.39, 0.29) is 30.5 Å². The third-order valence-electron chi connectivity index (χ3n) is 3.52. The summed E-state index contributed by atoms with van der Waals surface area (Å²) in [6, 6.07) is -0.294. The van der Waals surface area contributed by atoms with Crippen molar-refractivity contribution in [3.05, 3.63) is 0 Å². The van der Waals surface area contributed by atoms with Crippen molar-refractivity contribution in [3.63, 3.8) is 0 Å². The molecule has 1 N–H and O–H groups in total. The Morgan fingerprint density at radius 1 is 1.47 bits per heavy atom. The van der Waals surface area contributed by atoms with Crippen LogP contribution < -0.4 is 5.32 Å². The van der Waals surface area contributed by atoms with E-state index in [1.807, 2.05) is 6.92 Å². The number of nitrogens with one attached hydrogen (secondary N) is 1. The first-order valence-electron chi connectivity index (χ1n) is 6.41. The number of hydrogen-bond acceptors (Lipinski definition) is 3. The second-order valence-corrected chi connectivity index (χ2v) is 4.65. The van der Waals surface area contributed by atoms with Gasteiger partial charge in [0.2, 0.25) is 11.8 Å². The Morgan fingerprint density at radius 2 is 2.29 bits per heavy atom. The van der Waals surface area contributed by atoms with Gasteiger partial charge in [0.15, 0.2) is 0 Å². The molecule has 0 spiro atoms. The van der Waals surface area contributed by atoms with Gasteiger partial charge >= 0.3 is 0 Å². The first-order chi connectivity index (χ1) is 8.22. The minimum absolute atomic E-state index is 0.0226. The summed E-state index contributed by atoms with van der Waals surface area (Å²) in [4.78, 5) is 25.1. The van der Waals surface area contributed by atoms with E-state index in [1.165, 1.54) is 0 Å². The van der Waals surface area contributed by atoms with E-state index in [2.05, 4.69) is 5.32 Å². The van der Waals surface area contributed by atoms with E-state index in [0.29, 0.717) is 13.0 Å². The number of piperazine rings is 1. The molecule has 0 radical (unpaired) electrons. The van der Waals surface area contributed by atoms with Gasteiger partial charge in [0.1, 0.15) is 6.04 Å². The predicted molar refractivity (Wildman–Crippen MR) is 62.4 cm³/mol. The Hall–Kier alpha value is -1.10. The number of rotatable bonds is 4. The van der Waals surface area contributed by atoms with Gasteiger partial charge in [-0.1, -0.05) is 6.92 Å². The zero-order chi connectivity index (χ0) is 12.3. The summed E-state index contributed by atoms with van der Waals surface area (Å²) >= 11 is 0. The molecule has 2 unspecified atom stereocenters. The number of carbonyl (C=O) groups excluding carboxylic acids is 2. The van der Waals surface area contributed by atoms with Crippen LogP contribution in [-0.4, -0.2) is 48.6 Å². The maximum atomic E-state index is 11.8. The fraction of sp³-hybridized carbons (Fsp3) is 0.833. The Bertz CT molecular complexity index is 300. The molecule has 2 fully saturated rings. The van der Waals surface area contributed by atoms with Crippen LogP contribution in [-0.2, 0) is 14.3 Å². The van der Waals surface area contributed by atoms with Gasteiger partial charge in [-0.3, -0.25) is 9.59 Å². The maximum absolute atomic E-state index is 11.8. The molecule has 0 aromatic heterocycles. The van der Waals surface area contributed by atoms with E-state index < -0.39 is 0 Å². The molecule has 5 nitrogen and oxygen atoms in total. The fourth-order valence-corrected chi connectivity index (χ4v) is 2.54. The van der Waals surface area contributed by atoms with Crippen molar-refractivity contribution < 1.29 is 14.3 Å². The minimum atomic E-state index is -0.294. The Balaban J connectivity index is 1.90. The van der Waals surface area contributed by atoms with E-state index in [1.54, 1.807) is 4.90 Å². The molecular weight excluding hydrogens is 220 g/mol. The summed E-state index contributed by atoms with van der Waals surface area (Å²) < 4.78 is 5.54. The molecule has 5 heteroatoms. The highest BCUT2D eigenvalue weighted by atomic mass is 16.5. The number of carbonyl (C=O) groups is 2. The lowest BCUT2D eigenvalue weighted by Gasteiger charge is -2.34. The highest BCUT2D eigenvalue weighted by Crippen LogP contribution is 2.18. The molecule has 17 heavy (non-hydrogen) atoms. The summed E-state index contributed by atoms with van der Waals surface area (Å²) in [7, 11) is 0. The van der Waals surface area contributed by atoms with Gasteiger partial charge in [-0.15, -0.1) is 0 Å². The van der Waals surface area contributed by atoms with Gasteiger partial charge in [0.05, 0.1) is 12.6 Å². The lowest BCUT2D eigenvalue weighted by atomic mass is 10.1. The molecule has 2 aliphatic heterocycles. The average Bonchev–Trinajstić information content (AvgIpc) is 2.83. The van der Waals surface area contributed by atoms with Crippen molar-refractivity contribution in [3.8, 4) is 0 Å². The molecule has 2 rings (SSSR count). The first-order valence-corrected chi connectivity index (χ1v) is 6.41. The largest absolute Gasteiger partial charge is 0.378 e. The van der Waals surface area contributed by atoms with Gasteiger partial charge < -0.3 is 15.0 Å². The van der Waals surface area contributed by atoms with Crippen LogP contribution in [0.3, 0.4) is 0 Å². The molecule has 2 saturated heterocycles. The maximum Gasteiger partial charge on any atom is 0.243 e. The smallest absolute Gasteiger partial charge is 0.243 e. The van der Waals surface area contributed by atoms with Crippen LogP contribution in [0.25, 0.3) is 0 Å². The Kier molecular flexibility index (Phi) is 3.99. The minimum Gasteiger partial charge on any atom is -0.378 e. The third-order valence-corrected chi connectivity index (χ3v) is 3.52. The van der Waals surface area contributed by atoms with Crippen LogP contribution in [0.4, 0.5) is 0 Å². The molecule has 0 saturated carbocycles. The van der Waals surface area contributed by atoms with Crippen molar-refractivity contribution in [1.29, 1.82) is 0 Å². The molecule has 0 aromatic carbocycles. The summed E-state index contributed by atoms with van der Waals surface area (Å²) in [6.07, 6.45) is 3.96. The molecule has 96 valence electrons. The number of ether oxygens (including phenoxy) is 1. The Morgan fingerprint density at radius 3 is 2.94 bits per heavy atom. The molecule has 2 atom stereocenters. The van der Waals surface area contributed by atoms with Gasteiger partial charge in [0.25, 0.3) is 0 Å². The first kappa shape index (κ1) is 12.4. The molecule has 0 aromatic rings. The SMILES string of the molecule is CCC1C(=O)NCC(=O)N1CCC1CCCO1. The van der Waals surface area contributed by atoms with E-state index >= 15 is 0 Å². The van der Waals surface area contributed by atoms with Gasteiger partial charge in [-0.2, -0.15) is 0 Å². The van der Waals surface area contributed by atoms with Gasteiger partial charge in [-0.25, -0.2) is 0 Å². The second kappa shape index (κ2) is 5.49. The lowest BCUT2D eigenvalue weighted by Crippen LogP contribution is -2.58. The monoisotopic (exact) mass is 240 g/mol. The molecule has 2 amide bonds. The standard InChI is InChI=1S/C12H20N2O3/c1-2-10-12(16)13-8-11(15)14(10)6-5-9-4-3-7-17-9/h9-10H,2-8H2,1H3,(H,13,16). The van der Waals surface area contributed by atoms with Crippen LogP contribution in [0.5, 0.6) is 0 Å². The van der Waals surface area contributed by atoms with Crippen molar-refractivity contribution in [2.75, 3.05) is 19.7 Å². The van der Waals surface area contributed by atoms with E-state index in [4.69, 9.17) is 4.74 Å². The summed E-state index contributed by atoms with van der Waals surface area (Å²) in [5, 5.41) is 2.63. The third kappa shape index (κ3) is 2.77. The number of amides is 2. The lowest BCUT2D eigenvalue weighted by molar-refractivity contribution is -0.146. The highest BCUT2D eigenvalue weighted by molar-refractivity contribution is 5.94. The quantitative estimate of drug-likeness (QED) is 0.768. The van der Waals surface area contributed by atoms with Crippen LogP contribution >= 0.6 is 0 Å². The molecule has 0 bridgehead atoms. The molecular formula is C12H20N2O3. The van der Waals surface area contributed by atoms with Crippen LogP contribution in [0.15, 0.2) is 0 Å². The topological polar surface area (TPSA) is 58.6 Å². The van der Waals surface area contributed by atoms with Crippen LogP contribution in [0.2, 0.25) is 0 Å². The summed E-state index contributed by atoms with van der Waals surface area (Å²) in [6.45, 7) is 3.54.